The van der Waals surface area contributed by atoms with Crippen molar-refractivity contribution in [3.05, 3.63) is 63.8 Å². The molecule has 31 heavy (non-hydrogen) atoms. The van der Waals surface area contributed by atoms with Gasteiger partial charge in [0.1, 0.15) is 5.69 Å². The van der Waals surface area contributed by atoms with Crippen molar-refractivity contribution < 1.29 is 9.59 Å². The molecule has 2 aromatic heterocycles. The molecule has 160 valence electrons. The number of thioether (sulfide) groups is 1. The van der Waals surface area contributed by atoms with Gasteiger partial charge in [0.05, 0.1) is 9.48 Å². The van der Waals surface area contributed by atoms with Crippen LogP contribution in [0.5, 0.6) is 0 Å². The van der Waals surface area contributed by atoms with Gasteiger partial charge in [-0.05, 0) is 53.0 Å². The van der Waals surface area contributed by atoms with Crippen LogP contribution in [0, 0.1) is 5.92 Å². The van der Waals surface area contributed by atoms with Crippen LogP contribution in [0.4, 0.5) is 15.6 Å². The Morgan fingerprint density at radius 1 is 1.13 bits per heavy atom. The van der Waals surface area contributed by atoms with Crippen LogP contribution in [0.2, 0.25) is 0 Å². The zero-order valence-corrected chi connectivity index (χ0v) is 19.9. The summed E-state index contributed by atoms with van der Waals surface area (Å²) >= 11 is 6.58. The first kappa shape index (κ1) is 22.0. The number of Topliss-reactive ketones (excluding diaryl/α,β-unsaturated/α-hetero) is 1. The number of urea groups is 1. The fraction of sp³-hybridized carbons (Fsp3) is 0.273. The number of pyridine rings is 1. The molecule has 0 atom stereocenters. The van der Waals surface area contributed by atoms with Gasteiger partial charge in [-0.3, -0.25) is 15.1 Å². The molecule has 1 saturated carbocycles. The molecular formula is C22H21BrN4O2S2. The van der Waals surface area contributed by atoms with E-state index in [0.29, 0.717) is 22.3 Å². The van der Waals surface area contributed by atoms with Crippen molar-refractivity contribution in [3.8, 4) is 0 Å². The molecule has 0 saturated heterocycles. The number of thiazole rings is 1. The Labute approximate surface area is 197 Å². The summed E-state index contributed by atoms with van der Waals surface area (Å²) in [6.45, 7) is 0. The molecule has 0 aliphatic heterocycles. The van der Waals surface area contributed by atoms with Crippen molar-refractivity contribution in [2.45, 2.75) is 36.3 Å². The van der Waals surface area contributed by atoms with Gasteiger partial charge in [0.2, 0.25) is 0 Å². The SMILES string of the molecule is O=C(Nc1ccnc(C(=O)C2CCCC2)c1)Nc1nc(CSc2ccccc2)c(Br)s1. The van der Waals surface area contributed by atoms with Gasteiger partial charge < -0.3 is 5.32 Å². The van der Waals surface area contributed by atoms with Crippen LogP contribution in [0.15, 0.2) is 57.3 Å². The van der Waals surface area contributed by atoms with Gasteiger partial charge in [0.15, 0.2) is 10.9 Å². The molecule has 0 bridgehead atoms. The molecule has 2 amide bonds. The number of nitrogens with one attached hydrogen (secondary N) is 2. The van der Waals surface area contributed by atoms with E-state index in [9.17, 15) is 9.59 Å². The zero-order chi connectivity index (χ0) is 21.6. The van der Waals surface area contributed by atoms with E-state index in [0.717, 1.165) is 40.1 Å². The van der Waals surface area contributed by atoms with Gasteiger partial charge in [-0.2, -0.15) is 0 Å². The van der Waals surface area contributed by atoms with E-state index in [1.165, 1.54) is 11.3 Å². The predicted molar refractivity (Wildman–Crippen MR) is 129 cm³/mol. The molecule has 0 unspecified atom stereocenters. The van der Waals surface area contributed by atoms with Gasteiger partial charge in [-0.25, -0.2) is 9.78 Å². The predicted octanol–water partition coefficient (Wildman–Crippen LogP) is 6.61. The Kier molecular flexibility index (Phi) is 7.37. The molecule has 0 spiro atoms. The quantitative estimate of drug-likeness (QED) is 0.272. The summed E-state index contributed by atoms with van der Waals surface area (Å²) in [6.07, 6.45) is 5.57. The van der Waals surface area contributed by atoms with E-state index in [1.54, 1.807) is 30.1 Å². The van der Waals surface area contributed by atoms with Crippen molar-refractivity contribution >= 4 is 61.7 Å². The van der Waals surface area contributed by atoms with E-state index in [-0.39, 0.29) is 11.7 Å². The minimum atomic E-state index is -0.408. The highest BCUT2D eigenvalue weighted by Crippen LogP contribution is 2.33. The number of aromatic nitrogens is 2. The summed E-state index contributed by atoms with van der Waals surface area (Å²) in [5.41, 5.74) is 1.81. The maximum Gasteiger partial charge on any atom is 0.325 e. The first-order valence-corrected chi connectivity index (χ1v) is 12.6. The molecule has 3 aromatic rings. The Morgan fingerprint density at radius 2 is 1.90 bits per heavy atom. The lowest BCUT2D eigenvalue weighted by Crippen LogP contribution is -2.20. The van der Waals surface area contributed by atoms with Gasteiger partial charge in [-0.1, -0.05) is 42.4 Å². The fourth-order valence-electron chi connectivity index (χ4n) is 3.44. The number of carbonyl (C=O) groups is 2. The first-order valence-electron chi connectivity index (χ1n) is 10.00. The molecule has 4 rings (SSSR count). The second-order valence-corrected chi connectivity index (χ2v) is 10.6. The van der Waals surface area contributed by atoms with E-state index >= 15 is 0 Å². The normalized spacial score (nSPS) is 13.8. The third-order valence-corrected chi connectivity index (χ3v) is 7.75. The van der Waals surface area contributed by atoms with Gasteiger partial charge in [0.25, 0.3) is 0 Å². The minimum Gasteiger partial charge on any atom is -0.308 e. The van der Waals surface area contributed by atoms with Gasteiger partial charge in [-0.15, -0.1) is 11.8 Å². The second-order valence-electron chi connectivity index (χ2n) is 7.20. The van der Waals surface area contributed by atoms with Crippen molar-refractivity contribution in [2.24, 2.45) is 5.92 Å². The summed E-state index contributed by atoms with van der Waals surface area (Å²) in [4.78, 5) is 34.9. The number of rotatable bonds is 7. The lowest BCUT2D eigenvalue weighted by molar-refractivity contribution is 0.0917. The highest BCUT2D eigenvalue weighted by atomic mass is 79.9. The zero-order valence-electron chi connectivity index (χ0n) is 16.6. The Hall–Kier alpha value is -2.23. The molecule has 2 N–H and O–H groups in total. The van der Waals surface area contributed by atoms with Crippen LogP contribution < -0.4 is 10.6 Å². The van der Waals surface area contributed by atoms with Crippen LogP contribution in [0.25, 0.3) is 0 Å². The molecule has 0 radical (unpaired) electrons. The minimum absolute atomic E-state index is 0.0522. The average Bonchev–Trinajstić information content (AvgIpc) is 3.42. The Balaban J connectivity index is 1.34. The van der Waals surface area contributed by atoms with Crippen molar-refractivity contribution in [1.82, 2.24) is 9.97 Å². The number of carbonyl (C=O) groups excluding carboxylic acids is 2. The van der Waals surface area contributed by atoms with E-state index in [1.807, 2.05) is 18.2 Å². The molecule has 6 nitrogen and oxygen atoms in total. The van der Waals surface area contributed by atoms with Crippen LogP contribution in [0.1, 0.15) is 41.9 Å². The summed E-state index contributed by atoms with van der Waals surface area (Å²) in [5.74, 6) is 0.809. The van der Waals surface area contributed by atoms with Crippen LogP contribution >= 0.6 is 39.0 Å². The van der Waals surface area contributed by atoms with E-state index < -0.39 is 6.03 Å². The Bertz CT molecular complexity index is 1070. The number of halogens is 1. The molecular weight excluding hydrogens is 496 g/mol. The number of hydrogen-bond donors (Lipinski definition) is 2. The average molecular weight is 517 g/mol. The molecule has 1 aliphatic carbocycles. The molecule has 1 fully saturated rings. The topological polar surface area (TPSA) is 84.0 Å². The van der Waals surface area contributed by atoms with Crippen molar-refractivity contribution in [2.75, 3.05) is 10.6 Å². The summed E-state index contributed by atoms with van der Waals surface area (Å²) in [5, 5.41) is 6.04. The maximum atomic E-state index is 12.6. The number of anilines is 2. The monoisotopic (exact) mass is 516 g/mol. The van der Waals surface area contributed by atoms with Crippen LogP contribution in [-0.4, -0.2) is 21.8 Å². The molecule has 2 heterocycles. The molecule has 1 aromatic carbocycles. The third kappa shape index (κ3) is 5.93. The van der Waals surface area contributed by atoms with Crippen molar-refractivity contribution in [1.29, 1.82) is 0 Å². The smallest absolute Gasteiger partial charge is 0.308 e. The van der Waals surface area contributed by atoms with E-state index in [4.69, 9.17) is 0 Å². The standard InChI is InChI=1S/C22H21BrN4O2S2/c23-20-18(13-30-16-8-2-1-3-9-16)26-22(31-20)27-21(29)25-15-10-11-24-17(12-15)19(28)14-6-4-5-7-14/h1-3,8-12,14H,4-7,13H2,(H2,24,25,26,27,29). The summed E-state index contributed by atoms with van der Waals surface area (Å²) < 4.78 is 0.889. The number of nitrogens with zero attached hydrogens (tertiary/aromatic N) is 2. The largest absolute Gasteiger partial charge is 0.325 e. The summed E-state index contributed by atoms with van der Waals surface area (Å²) in [6, 6.07) is 13.0. The fourth-order valence-corrected chi connectivity index (χ4v) is 5.98. The van der Waals surface area contributed by atoms with Gasteiger partial charge in [0, 0.05) is 28.5 Å². The number of ketones is 1. The van der Waals surface area contributed by atoms with E-state index in [2.05, 4.69) is 48.7 Å². The van der Waals surface area contributed by atoms with Crippen molar-refractivity contribution in [3.63, 3.8) is 0 Å². The third-order valence-electron chi connectivity index (χ3n) is 4.99. The second kappa shape index (κ2) is 10.4. The molecule has 1 aliphatic rings. The van der Waals surface area contributed by atoms with Crippen LogP contribution in [0.3, 0.4) is 0 Å². The summed E-state index contributed by atoms with van der Waals surface area (Å²) in [7, 11) is 0. The highest BCUT2D eigenvalue weighted by molar-refractivity contribution is 9.11. The van der Waals surface area contributed by atoms with Crippen LogP contribution in [-0.2, 0) is 5.75 Å². The van der Waals surface area contributed by atoms with Gasteiger partial charge >= 0.3 is 6.03 Å². The lowest BCUT2D eigenvalue weighted by atomic mass is 9.99. The highest BCUT2D eigenvalue weighted by Gasteiger charge is 2.25. The number of benzene rings is 1. The first-order chi connectivity index (χ1) is 15.1. The number of hydrogen-bond acceptors (Lipinski definition) is 6. The Morgan fingerprint density at radius 3 is 2.68 bits per heavy atom. The molecule has 9 heteroatoms. The lowest BCUT2D eigenvalue weighted by Gasteiger charge is -2.09. The maximum absolute atomic E-state index is 12.6. The number of amides is 2.